The lowest BCUT2D eigenvalue weighted by Crippen LogP contribution is -2.44. The molecule has 0 aromatic heterocycles. The van der Waals surface area contributed by atoms with Crippen LogP contribution in [0.3, 0.4) is 0 Å². The zero-order valence-electron chi connectivity index (χ0n) is 15.8. The first-order valence-corrected chi connectivity index (χ1v) is 8.23. The highest BCUT2D eigenvalue weighted by atomic mass is 127. The summed E-state index contributed by atoms with van der Waals surface area (Å²) in [6.45, 7) is 14.9. The van der Waals surface area contributed by atoms with E-state index in [-0.39, 0.29) is 42.0 Å². The largest absolute Gasteiger partial charge is 0.357 e. The monoisotopic (exact) mass is 441 g/mol. The Balaban J connectivity index is 0. The number of amides is 1. The van der Waals surface area contributed by atoms with Gasteiger partial charge in [-0.15, -0.1) is 24.0 Å². The van der Waals surface area contributed by atoms with Crippen LogP contribution in [0, 0.1) is 0 Å². The number of likely N-dealkylation sites (N-methyl/N-ethyl adjacent to an activating group) is 1. The molecule has 0 aromatic carbocycles. The summed E-state index contributed by atoms with van der Waals surface area (Å²) in [6.07, 6.45) is 1.14. The van der Waals surface area contributed by atoms with Crippen LogP contribution in [0.25, 0.3) is 0 Å². The molecular formula is C16H36IN5O. The minimum Gasteiger partial charge on any atom is -0.357 e. The maximum absolute atomic E-state index is 11.8. The van der Waals surface area contributed by atoms with Gasteiger partial charge in [0.05, 0.1) is 0 Å². The number of rotatable bonds is 8. The predicted octanol–water partition coefficient (Wildman–Crippen LogP) is 1.80. The summed E-state index contributed by atoms with van der Waals surface area (Å²) < 4.78 is 0. The number of guanidine groups is 1. The topological polar surface area (TPSA) is 68.8 Å². The molecule has 138 valence electrons. The van der Waals surface area contributed by atoms with Gasteiger partial charge in [0.25, 0.3) is 0 Å². The molecule has 0 saturated carbocycles. The Bertz CT molecular complexity index is 355. The summed E-state index contributed by atoms with van der Waals surface area (Å²) in [4.78, 5) is 18.4. The number of carbonyl (C=O) groups excluding carboxylic acids is 1. The first kappa shape index (κ1) is 24.7. The van der Waals surface area contributed by atoms with Gasteiger partial charge in [-0.05, 0) is 48.1 Å². The van der Waals surface area contributed by atoms with Crippen molar-refractivity contribution >= 4 is 35.8 Å². The van der Waals surface area contributed by atoms with Crippen LogP contribution >= 0.6 is 24.0 Å². The van der Waals surface area contributed by atoms with Gasteiger partial charge in [0.1, 0.15) is 6.54 Å². The van der Waals surface area contributed by atoms with E-state index in [1.165, 1.54) is 0 Å². The van der Waals surface area contributed by atoms with E-state index in [9.17, 15) is 4.79 Å². The fraction of sp³-hybridized carbons (Fsp3) is 0.875. The molecule has 0 saturated heterocycles. The normalized spacial score (nSPS) is 13.3. The molecule has 0 aromatic rings. The standard InChI is InChI=1S/C16H35N5O.HI/c1-8-13(3)21(7)11-10-18-15(17-9-2)19-12-14(22)20-16(4,5)6;/h13H,8-12H2,1-7H3,(H,20,22)(H2,17,18,19);1H. The molecule has 6 nitrogen and oxygen atoms in total. The maximum atomic E-state index is 11.8. The van der Waals surface area contributed by atoms with Gasteiger partial charge in [0.2, 0.25) is 5.91 Å². The third-order valence-electron chi connectivity index (χ3n) is 3.34. The van der Waals surface area contributed by atoms with Gasteiger partial charge in [0.15, 0.2) is 5.96 Å². The highest BCUT2D eigenvalue weighted by Crippen LogP contribution is 1.98. The average molecular weight is 441 g/mol. The van der Waals surface area contributed by atoms with Crippen molar-refractivity contribution in [3.8, 4) is 0 Å². The number of carbonyl (C=O) groups is 1. The maximum Gasteiger partial charge on any atom is 0.242 e. The van der Waals surface area contributed by atoms with Gasteiger partial charge in [-0.25, -0.2) is 4.99 Å². The van der Waals surface area contributed by atoms with Crippen molar-refractivity contribution in [2.45, 2.75) is 59.5 Å². The van der Waals surface area contributed by atoms with E-state index >= 15 is 0 Å². The molecule has 3 N–H and O–H groups in total. The zero-order valence-corrected chi connectivity index (χ0v) is 18.2. The van der Waals surface area contributed by atoms with Gasteiger partial charge in [0, 0.05) is 31.2 Å². The first-order chi connectivity index (χ1) is 10.2. The number of halogens is 1. The Kier molecular flexibility index (Phi) is 13.7. The Labute approximate surface area is 159 Å². The van der Waals surface area contributed by atoms with Crippen molar-refractivity contribution in [3.05, 3.63) is 0 Å². The SMILES string of the molecule is CCNC(=NCC(=O)NC(C)(C)C)NCCN(C)C(C)CC.I. The van der Waals surface area contributed by atoms with Crippen LogP contribution in [0.2, 0.25) is 0 Å². The molecule has 23 heavy (non-hydrogen) atoms. The number of nitrogens with one attached hydrogen (secondary N) is 3. The Morgan fingerprint density at radius 1 is 1.22 bits per heavy atom. The lowest BCUT2D eigenvalue weighted by Gasteiger charge is -2.24. The molecule has 0 fully saturated rings. The Hall–Kier alpha value is -0.570. The molecule has 0 radical (unpaired) electrons. The first-order valence-electron chi connectivity index (χ1n) is 8.23. The minimum absolute atomic E-state index is 0. The molecule has 1 unspecified atom stereocenters. The van der Waals surface area contributed by atoms with Gasteiger partial charge < -0.3 is 20.9 Å². The third-order valence-corrected chi connectivity index (χ3v) is 3.34. The summed E-state index contributed by atoms with van der Waals surface area (Å²) in [6, 6.07) is 0.568. The fourth-order valence-corrected chi connectivity index (χ4v) is 1.83. The molecule has 1 atom stereocenters. The van der Waals surface area contributed by atoms with Crippen molar-refractivity contribution in [1.82, 2.24) is 20.9 Å². The highest BCUT2D eigenvalue weighted by molar-refractivity contribution is 14.0. The van der Waals surface area contributed by atoms with E-state index in [4.69, 9.17) is 0 Å². The van der Waals surface area contributed by atoms with Crippen LogP contribution < -0.4 is 16.0 Å². The number of nitrogens with zero attached hydrogens (tertiary/aromatic N) is 2. The molecule has 0 spiro atoms. The lowest BCUT2D eigenvalue weighted by molar-refractivity contribution is -0.121. The average Bonchev–Trinajstić information content (AvgIpc) is 2.41. The number of hydrogen-bond acceptors (Lipinski definition) is 3. The van der Waals surface area contributed by atoms with Gasteiger partial charge >= 0.3 is 0 Å². The highest BCUT2D eigenvalue weighted by Gasteiger charge is 2.13. The molecule has 1 amide bonds. The molecule has 0 bridgehead atoms. The van der Waals surface area contributed by atoms with E-state index < -0.39 is 0 Å². The fourth-order valence-electron chi connectivity index (χ4n) is 1.83. The van der Waals surface area contributed by atoms with E-state index in [1.54, 1.807) is 0 Å². The molecule has 0 heterocycles. The van der Waals surface area contributed by atoms with Crippen molar-refractivity contribution in [3.63, 3.8) is 0 Å². The van der Waals surface area contributed by atoms with Gasteiger partial charge in [-0.1, -0.05) is 6.92 Å². The van der Waals surface area contributed by atoms with E-state index in [2.05, 4.69) is 46.7 Å². The summed E-state index contributed by atoms with van der Waals surface area (Å²) in [7, 11) is 2.12. The summed E-state index contributed by atoms with van der Waals surface area (Å²) in [5, 5.41) is 9.33. The van der Waals surface area contributed by atoms with Gasteiger partial charge in [-0.2, -0.15) is 0 Å². The van der Waals surface area contributed by atoms with Gasteiger partial charge in [-0.3, -0.25) is 4.79 Å². The van der Waals surface area contributed by atoms with Crippen LogP contribution in [-0.2, 0) is 4.79 Å². The second-order valence-electron chi connectivity index (χ2n) is 6.66. The van der Waals surface area contributed by atoms with Crippen LogP contribution in [-0.4, -0.2) is 61.6 Å². The van der Waals surface area contributed by atoms with Crippen LogP contribution in [0.15, 0.2) is 4.99 Å². The number of hydrogen-bond donors (Lipinski definition) is 3. The second-order valence-corrected chi connectivity index (χ2v) is 6.66. The van der Waals surface area contributed by atoms with E-state index in [1.807, 2.05) is 27.7 Å². The molecule has 0 aliphatic carbocycles. The van der Waals surface area contributed by atoms with Crippen molar-refractivity contribution in [2.24, 2.45) is 4.99 Å². The van der Waals surface area contributed by atoms with Crippen LogP contribution in [0.4, 0.5) is 0 Å². The summed E-state index contributed by atoms with van der Waals surface area (Å²) in [5.41, 5.74) is -0.225. The smallest absolute Gasteiger partial charge is 0.242 e. The van der Waals surface area contributed by atoms with Crippen molar-refractivity contribution in [1.29, 1.82) is 0 Å². The van der Waals surface area contributed by atoms with Crippen LogP contribution in [0.1, 0.15) is 48.0 Å². The quantitative estimate of drug-likeness (QED) is 0.305. The molecule has 0 aliphatic heterocycles. The summed E-state index contributed by atoms with van der Waals surface area (Å²) >= 11 is 0. The van der Waals surface area contributed by atoms with Crippen molar-refractivity contribution < 1.29 is 4.79 Å². The predicted molar refractivity (Wildman–Crippen MR) is 110 cm³/mol. The van der Waals surface area contributed by atoms with Crippen LogP contribution in [0.5, 0.6) is 0 Å². The molecular weight excluding hydrogens is 405 g/mol. The molecule has 0 rings (SSSR count). The molecule has 0 aliphatic rings. The zero-order chi connectivity index (χ0) is 17.2. The minimum atomic E-state index is -0.225. The Morgan fingerprint density at radius 2 is 1.83 bits per heavy atom. The number of aliphatic imine (C=N–C) groups is 1. The second kappa shape index (κ2) is 12.8. The summed E-state index contributed by atoms with van der Waals surface area (Å²) in [5.74, 6) is 0.616. The Morgan fingerprint density at radius 3 is 2.30 bits per heavy atom. The molecule has 7 heteroatoms. The van der Waals surface area contributed by atoms with Crippen molar-refractivity contribution in [2.75, 3.05) is 33.2 Å². The third kappa shape index (κ3) is 13.6. The lowest BCUT2D eigenvalue weighted by atomic mass is 10.1. The van der Waals surface area contributed by atoms with E-state index in [0.29, 0.717) is 12.0 Å². The van der Waals surface area contributed by atoms with E-state index in [0.717, 1.165) is 26.1 Å².